The first-order chi connectivity index (χ1) is 10.6. The molecule has 6 nitrogen and oxygen atoms in total. The molecule has 2 saturated heterocycles. The highest BCUT2D eigenvalue weighted by atomic mass is 16.7. The Balaban J connectivity index is 1.84. The number of carbonyl (C=O) groups excluding carboxylic acids is 2. The van der Waals surface area contributed by atoms with Gasteiger partial charge in [0, 0.05) is 0 Å². The summed E-state index contributed by atoms with van der Waals surface area (Å²) in [5.41, 5.74) is -0.267. The van der Waals surface area contributed by atoms with Gasteiger partial charge in [0.1, 0.15) is 5.54 Å². The Bertz CT molecular complexity index is 655. The van der Waals surface area contributed by atoms with E-state index in [0.29, 0.717) is 5.56 Å². The smallest absolute Gasteiger partial charge is 0.399 e. The predicted octanol–water partition coefficient (Wildman–Crippen LogP) is 1.04. The molecule has 0 unspecified atom stereocenters. The van der Waals surface area contributed by atoms with Crippen LogP contribution in [0.5, 0.6) is 0 Å². The van der Waals surface area contributed by atoms with Crippen LogP contribution in [-0.4, -0.2) is 30.3 Å². The van der Waals surface area contributed by atoms with Gasteiger partial charge in [-0.15, -0.1) is 0 Å². The van der Waals surface area contributed by atoms with E-state index in [1.807, 2.05) is 52.0 Å². The van der Waals surface area contributed by atoms with Crippen LogP contribution in [-0.2, 0) is 19.6 Å². The molecule has 1 aromatic carbocycles. The average molecular weight is 316 g/mol. The predicted molar refractivity (Wildman–Crippen MR) is 86.2 cm³/mol. The second-order valence-corrected chi connectivity index (χ2v) is 7.24. The van der Waals surface area contributed by atoms with Crippen LogP contribution in [0.1, 0.15) is 40.2 Å². The highest BCUT2D eigenvalue weighted by Crippen LogP contribution is 2.36. The minimum atomic E-state index is -1.05. The summed E-state index contributed by atoms with van der Waals surface area (Å²) in [5, 5.41) is 4.91. The van der Waals surface area contributed by atoms with Crippen molar-refractivity contribution in [3.05, 3.63) is 29.8 Å². The van der Waals surface area contributed by atoms with Gasteiger partial charge in [-0.25, -0.2) is 4.79 Å². The topological polar surface area (TPSA) is 76.7 Å². The van der Waals surface area contributed by atoms with Crippen molar-refractivity contribution in [2.45, 2.75) is 51.4 Å². The van der Waals surface area contributed by atoms with E-state index >= 15 is 0 Å². The quantitative estimate of drug-likeness (QED) is 0.631. The Morgan fingerprint density at radius 2 is 1.43 bits per heavy atom. The summed E-state index contributed by atoms with van der Waals surface area (Å²) in [6, 6.07) is 6.87. The van der Waals surface area contributed by atoms with Gasteiger partial charge in [0.05, 0.1) is 11.2 Å². The second kappa shape index (κ2) is 4.82. The van der Waals surface area contributed by atoms with Crippen molar-refractivity contribution in [2.75, 3.05) is 0 Å². The van der Waals surface area contributed by atoms with Gasteiger partial charge < -0.3 is 14.6 Å². The lowest BCUT2D eigenvalue weighted by atomic mass is 9.77. The fraction of sp³-hybridized carbons (Fsp3) is 0.500. The molecule has 7 heteroatoms. The van der Waals surface area contributed by atoms with Crippen LogP contribution in [0.4, 0.5) is 4.79 Å². The summed E-state index contributed by atoms with van der Waals surface area (Å²) in [5.74, 6) is -0.356. The molecule has 1 atom stereocenters. The van der Waals surface area contributed by atoms with E-state index < -0.39 is 29.9 Å². The largest absolute Gasteiger partial charge is 0.494 e. The maximum absolute atomic E-state index is 12.0. The molecule has 2 fully saturated rings. The third-order valence-electron chi connectivity index (χ3n) is 5.06. The number of hydrogen-bond donors (Lipinski definition) is 2. The third kappa shape index (κ3) is 2.44. The van der Waals surface area contributed by atoms with Crippen molar-refractivity contribution in [2.24, 2.45) is 0 Å². The third-order valence-corrected chi connectivity index (χ3v) is 5.06. The molecule has 0 saturated carbocycles. The highest BCUT2D eigenvalue weighted by Gasteiger charge is 2.52. The molecule has 0 spiro atoms. The zero-order chi connectivity index (χ0) is 17.0. The summed E-state index contributed by atoms with van der Waals surface area (Å²) < 4.78 is 12.0. The minimum absolute atomic E-state index is 0.356. The van der Waals surface area contributed by atoms with Crippen LogP contribution in [0.3, 0.4) is 0 Å². The summed E-state index contributed by atoms with van der Waals surface area (Å²) in [6.07, 6.45) is 0. The van der Waals surface area contributed by atoms with Crippen molar-refractivity contribution in [3.8, 4) is 0 Å². The SMILES string of the molecule is CC1(C)OB(c2ccc([C@]3(C)NC(=O)NC3=O)cc2)OC1(C)C. The van der Waals surface area contributed by atoms with E-state index in [4.69, 9.17) is 9.31 Å². The molecule has 23 heavy (non-hydrogen) atoms. The van der Waals surface area contributed by atoms with Crippen molar-refractivity contribution >= 4 is 24.5 Å². The van der Waals surface area contributed by atoms with E-state index in [9.17, 15) is 9.59 Å². The van der Waals surface area contributed by atoms with Crippen LogP contribution >= 0.6 is 0 Å². The number of benzene rings is 1. The molecule has 0 aromatic heterocycles. The Labute approximate surface area is 136 Å². The van der Waals surface area contributed by atoms with Gasteiger partial charge in [-0.2, -0.15) is 0 Å². The van der Waals surface area contributed by atoms with E-state index in [2.05, 4.69) is 10.6 Å². The van der Waals surface area contributed by atoms with E-state index in [0.717, 1.165) is 5.46 Å². The zero-order valence-electron chi connectivity index (χ0n) is 14.0. The lowest BCUT2D eigenvalue weighted by Crippen LogP contribution is -2.41. The second-order valence-electron chi connectivity index (χ2n) is 7.24. The number of imide groups is 1. The summed E-state index contributed by atoms with van der Waals surface area (Å²) in [7, 11) is -0.450. The van der Waals surface area contributed by atoms with Crippen molar-refractivity contribution in [3.63, 3.8) is 0 Å². The molecule has 2 N–H and O–H groups in total. The van der Waals surface area contributed by atoms with E-state index in [-0.39, 0.29) is 5.91 Å². The van der Waals surface area contributed by atoms with Gasteiger partial charge in [-0.3, -0.25) is 10.1 Å². The number of rotatable bonds is 2. The maximum atomic E-state index is 12.0. The van der Waals surface area contributed by atoms with E-state index in [1.54, 1.807) is 6.92 Å². The average Bonchev–Trinajstić information content (AvgIpc) is 2.83. The number of nitrogens with one attached hydrogen (secondary N) is 2. The normalized spacial score (nSPS) is 28.7. The molecular formula is C16H21BN2O4. The van der Waals surface area contributed by atoms with Crippen LogP contribution in [0.2, 0.25) is 0 Å². The van der Waals surface area contributed by atoms with Crippen molar-refractivity contribution < 1.29 is 18.9 Å². The molecule has 122 valence electrons. The fourth-order valence-corrected chi connectivity index (χ4v) is 2.70. The van der Waals surface area contributed by atoms with Gasteiger partial charge in [0.2, 0.25) is 0 Å². The zero-order valence-corrected chi connectivity index (χ0v) is 14.0. The molecule has 2 aliphatic rings. The first kappa shape index (κ1) is 16.0. The van der Waals surface area contributed by atoms with Gasteiger partial charge in [-0.1, -0.05) is 24.3 Å². The summed E-state index contributed by atoms with van der Waals surface area (Å²) in [4.78, 5) is 23.4. The molecule has 1 aromatic rings. The molecule has 0 radical (unpaired) electrons. The van der Waals surface area contributed by atoms with Crippen LogP contribution < -0.4 is 16.1 Å². The molecule has 3 amide bonds. The van der Waals surface area contributed by atoms with Crippen molar-refractivity contribution in [1.82, 2.24) is 10.6 Å². The monoisotopic (exact) mass is 316 g/mol. The first-order valence-corrected chi connectivity index (χ1v) is 7.65. The standard InChI is InChI=1S/C16H21BN2O4/c1-14(2)15(3,4)23-17(22-14)11-8-6-10(7-9-11)16(5)12(20)18-13(21)19-16/h6-9H,1-5H3,(H2,18,19,20,21)/t16-/m0/s1. The van der Waals surface area contributed by atoms with Gasteiger partial charge in [0.15, 0.2) is 0 Å². The van der Waals surface area contributed by atoms with Gasteiger partial charge in [0.25, 0.3) is 5.91 Å². The number of urea groups is 1. The van der Waals surface area contributed by atoms with Crippen molar-refractivity contribution in [1.29, 1.82) is 0 Å². The molecule has 0 aliphatic carbocycles. The van der Waals surface area contributed by atoms with Gasteiger partial charge >= 0.3 is 13.1 Å². The minimum Gasteiger partial charge on any atom is -0.399 e. The highest BCUT2D eigenvalue weighted by molar-refractivity contribution is 6.62. The molecule has 3 rings (SSSR count). The molecule has 2 heterocycles. The Kier molecular flexibility index (Phi) is 3.36. The number of carbonyl (C=O) groups is 2. The van der Waals surface area contributed by atoms with E-state index in [1.165, 1.54) is 0 Å². The molecular weight excluding hydrogens is 295 g/mol. The molecule has 2 aliphatic heterocycles. The van der Waals surface area contributed by atoms with Crippen LogP contribution in [0.25, 0.3) is 0 Å². The Hall–Kier alpha value is -1.86. The Morgan fingerprint density at radius 3 is 1.87 bits per heavy atom. The number of amides is 3. The fourth-order valence-electron chi connectivity index (χ4n) is 2.70. The number of hydrogen-bond acceptors (Lipinski definition) is 4. The lowest BCUT2D eigenvalue weighted by Gasteiger charge is -2.32. The first-order valence-electron chi connectivity index (χ1n) is 7.65. The van der Waals surface area contributed by atoms with Crippen LogP contribution in [0, 0.1) is 0 Å². The Morgan fingerprint density at radius 1 is 0.913 bits per heavy atom. The summed E-state index contributed by atoms with van der Waals surface area (Å²) in [6.45, 7) is 9.68. The molecule has 0 bridgehead atoms. The summed E-state index contributed by atoms with van der Waals surface area (Å²) >= 11 is 0. The van der Waals surface area contributed by atoms with Crippen LogP contribution in [0.15, 0.2) is 24.3 Å². The maximum Gasteiger partial charge on any atom is 0.494 e. The lowest BCUT2D eigenvalue weighted by molar-refractivity contribution is -0.123. The van der Waals surface area contributed by atoms with Gasteiger partial charge in [-0.05, 0) is 45.6 Å².